The van der Waals surface area contributed by atoms with Crippen molar-refractivity contribution in [2.45, 2.75) is 12.6 Å². The molecule has 0 aliphatic heterocycles. The number of rotatable bonds is 5. The van der Waals surface area contributed by atoms with E-state index in [1.54, 1.807) is 23.0 Å². The first-order chi connectivity index (χ1) is 8.99. The van der Waals surface area contributed by atoms with E-state index in [-0.39, 0.29) is 0 Å². The third kappa shape index (κ3) is 3.47. The lowest BCUT2D eigenvalue weighted by molar-refractivity contribution is 0.174. The lowest BCUT2D eigenvalue weighted by Crippen LogP contribution is -2.21. The van der Waals surface area contributed by atoms with E-state index >= 15 is 0 Å². The highest BCUT2D eigenvalue weighted by Gasteiger charge is 2.22. The Morgan fingerprint density at radius 2 is 2.16 bits per heavy atom. The maximum absolute atomic E-state index is 10.4. The van der Waals surface area contributed by atoms with Crippen LogP contribution in [0.25, 0.3) is 0 Å². The Kier molecular flexibility index (Phi) is 4.83. The molecule has 2 rings (SSSR count). The highest BCUT2D eigenvalue weighted by Crippen LogP contribution is 2.30. The molecule has 0 saturated carbocycles. The van der Waals surface area contributed by atoms with Crippen molar-refractivity contribution in [3.8, 4) is 0 Å². The van der Waals surface area contributed by atoms with E-state index in [0.717, 1.165) is 11.0 Å². The summed E-state index contributed by atoms with van der Waals surface area (Å²) in [4.78, 5) is 2.06. The van der Waals surface area contributed by atoms with Gasteiger partial charge in [0.1, 0.15) is 5.76 Å². The fourth-order valence-corrected chi connectivity index (χ4v) is 2.56. The molecule has 0 spiro atoms. The fraction of sp³-hybridized carbons (Fsp3) is 0.417. The molecule has 19 heavy (non-hydrogen) atoms. The molecule has 0 aromatic carbocycles. The standard InChI is InChI=1S/C12H15Br2N3O2/c1-16(2)5-6-17-11(8(13)7-15-17)12(18)9-3-4-10(14)19-9/h3-4,7,12,18H,5-6H2,1-2H3. The summed E-state index contributed by atoms with van der Waals surface area (Å²) in [6, 6.07) is 3.50. The van der Waals surface area contributed by atoms with Crippen LogP contribution in [0.2, 0.25) is 0 Å². The molecule has 0 aliphatic carbocycles. The lowest BCUT2D eigenvalue weighted by Gasteiger charge is -2.14. The van der Waals surface area contributed by atoms with Gasteiger partial charge in [-0.25, -0.2) is 0 Å². The minimum Gasteiger partial charge on any atom is -0.451 e. The molecule has 1 atom stereocenters. The predicted octanol–water partition coefficient (Wildman–Crippen LogP) is 2.64. The number of likely N-dealkylation sites (N-methyl/N-ethyl adjacent to an activating group) is 1. The molecule has 2 aromatic heterocycles. The van der Waals surface area contributed by atoms with Crippen LogP contribution in [0.15, 0.2) is 31.9 Å². The average molecular weight is 393 g/mol. The summed E-state index contributed by atoms with van der Waals surface area (Å²) in [6.07, 6.45) is 0.844. The number of nitrogens with zero attached hydrogens (tertiary/aromatic N) is 3. The Bertz CT molecular complexity index is 551. The third-order valence-electron chi connectivity index (χ3n) is 2.71. The van der Waals surface area contributed by atoms with Gasteiger partial charge in [-0.1, -0.05) is 0 Å². The average Bonchev–Trinajstić information content (AvgIpc) is 2.92. The van der Waals surface area contributed by atoms with Gasteiger partial charge in [0.25, 0.3) is 0 Å². The maximum atomic E-state index is 10.4. The van der Waals surface area contributed by atoms with E-state index in [2.05, 4.69) is 41.9 Å². The first-order valence-corrected chi connectivity index (χ1v) is 7.37. The molecule has 1 unspecified atom stereocenters. The van der Waals surface area contributed by atoms with Gasteiger partial charge in [0.15, 0.2) is 10.8 Å². The Labute approximate surface area is 128 Å². The van der Waals surface area contributed by atoms with Crippen LogP contribution in [-0.4, -0.2) is 40.4 Å². The van der Waals surface area contributed by atoms with Crippen LogP contribution in [0.3, 0.4) is 0 Å². The highest BCUT2D eigenvalue weighted by atomic mass is 79.9. The van der Waals surface area contributed by atoms with Gasteiger partial charge in [0, 0.05) is 6.54 Å². The van der Waals surface area contributed by atoms with Crippen LogP contribution >= 0.6 is 31.9 Å². The zero-order valence-electron chi connectivity index (χ0n) is 10.7. The van der Waals surface area contributed by atoms with Crippen LogP contribution in [0.1, 0.15) is 17.6 Å². The summed E-state index contributed by atoms with van der Waals surface area (Å²) in [5, 5.41) is 14.7. The summed E-state index contributed by atoms with van der Waals surface area (Å²) < 4.78 is 8.55. The zero-order valence-corrected chi connectivity index (χ0v) is 13.8. The van der Waals surface area contributed by atoms with Crippen LogP contribution in [-0.2, 0) is 6.54 Å². The van der Waals surface area contributed by atoms with Crippen molar-refractivity contribution in [3.05, 3.63) is 38.9 Å². The minimum absolute atomic E-state index is 0.485. The van der Waals surface area contributed by atoms with E-state index in [0.29, 0.717) is 22.7 Å². The number of halogens is 2. The Balaban J connectivity index is 2.25. The van der Waals surface area contributed by atoms with Crippen molar-refractivity contribution in [1.82, 2.24) is 14.7 Å². The molecule has 0 bridgehead atoms. The van der Waals surface area contributed by atoms with Gasteiger partial charge < -0.3 is 14.4 Å². The van der Waals surface area contributed by atoms with Gasteiger partial charge in [-0.3, -0.25) is 4.68 Å². The molecule has 0 amide bonds. The van der Waals surface area contributed by atoms with Gasteiger partial charge in [-0.15, -0.1) is 0 Å². The summed E-state index contributed by atoms with van der Waals surface area (Å²) in [6.45, 7) is 1.54. The highest BCUT2D eigenvalue weighted by molar-refractivity contribution is 9.10. The lowest BCUT2D eigenvalue weighted by atomic mass is 10.2. The first-order valence-electron chi connectivity index (χ1n) is 5.78. The minimum atomic E-state index is -0.842. The second kappa shape index (κ2) is 6.21. The van der Waals surface area contributed by atoms with Crippen molar-refractivity contribution in [1.29, 1.82) is 0 Å². The Morgan fingerprint density at radius 1 is 1.42 bits per heavy atom. The van der Waals surface area contributed by atoms with E-state index in [9.17, 15) is 5.11 Å². The number of aliphatic hydroxyl groups excluding tert-OH is 1. The van der Waals surface area contributed by atoms with Crippen LogP contribution in [0, 0.1) is 0 Å². The largest absolute Gasteiger partial charge is 0.451 e. The Hall–Kier alpha value is -0.630. The van der Waals surface area contributed by atoms with Gasteiger partial charge >= 0.3 is 0 Å². The van der Waals surface area contributed by atoms with Gasteiger partial charge in [-0.2, -0.15) is 5.10 Å². The number of furan rings is 1. The van der Waals surface area contributed by atoms with Gasteiger partial charge in [0.05, 0.1) is 22.9 Å². The quantitative estimate of drug-likeness (QED) is 0.849. The maximum Gasteiger partial charge on any atom is 0.169 e. The summed E-state index contributed by atoms with van der Waals surface area (Å²) in [5.41, 5.74) is 0.698. The topological polar surface area (TPSA) is 54.4 Å². The molecular formula is C12H15Br2N3O2. The molecule has 7 heteroatoms. The number of aromatic nitrogens is 2. The smallest absolute Gasteiger partial charge is 0.169 e. The van der Waals surface area contributed by atoms with Crippen LogP contribution in [0.5, 0.6) is 0 Å². The zero-order chi connectivity index (χ0) is 14.0. The third-order valence-corrected chi connectivity index (χ3v) is 3.75. The summed E-state index contributed by atoms with van der Waals surface area (Å²) in [7, 11) is 4.00. The molecular weight excluding hydrogens is 378 g/mol. The summed E-state index contributed by atoms with van der Waals surface area (Å²) in [5.74, 6) is 0.485. The van der Waals surface area contributed by atoms with Crippen molar-refractivity contribution < 1.29 is 9.52 Å². The molecule has 2 heterocycles. The van der Waals surface area contributed by atoms with E-state index in [4.69, 9.17) is 4.42 Å². The monoisotopic (exact) mass is 391 g/mol. The number of hydrogen-bond acceptors (Lipinski definition) is 4. The van der Waals surface area contributed by atoms with E-state index < -0.39 is 6.10 Å². The molecule has 5 nitrogen and oxygen atoms in total. The normalized spacial score (nSPS) is 13.2. The second-order valence-electron chi connectivity index (χ2n) is 4.45. The SMILES string of the molecule is CN(C)CCn1ncc(Br)c1C(O)c1ccc(Br)o1. The molecule has 104 valence electrons. The molecule has 0 saturated heterocycles. The summed E-state index contributed by atoms with van der Waals surface area (Å²) >= 11 is 6.65. The van der Waals surface area contributed by atoms with Crippen molar-refractivity contribution in [2.75, 3.05) is 20.6 Å². The van der Waals surface area contributed by atoms with Crippen molar-refractivity contribution in [2.24, 2.45) is 0 Å². The van der Waals surface area contributed by atoms with Crippen molar-refractivity contribution in [3.63, 3.8) is 0 Å². The van der Waals surface area contributed by atoms with Crippen molar-refractivity contribution >= 4 is 31.9 Å². The van der Waals surface area contributed by atoms with Crippen LogP contribution < -0.4 is 0 Å². The predicted molar refractivity (Wildman–Crippen MR) is 79.0 cm³/mol. The molecule has 2 aromatic rings. The molecule has 0 fully saturated rings. The van der Waals surface area contributed by atoms with E-state index in [1.807, 2.05) is 14.1 Å². The fourth-order valence-electron chi connectivity index (χ4n) is 1.73. The van der Waals surface area contributed by atoms with Gasteiger partial charge in [-0.05, 0) is 58.1 Å². The van der Waals surface area contributed by atoms with Crippen LogP contribution in [0.4, 0.5) is 0 Å². The first kappa shape index (κ1) is 14.8. The number of hydrogen-bond donors (Lipinski definition) is 1. The molecule has 0 radical (unpaired) electrons. The van der Waals surface area contributed by atoms with Gasteiger partial charge in [0.2, 0.25) is 0 Å². The Morgan fingerprint density at radius 3 is 2.74 bits per heavy atom. The number of aliphatic hydroxyl groups is 1. The molecule has 1 N–H and O–H groups in total. The van der Waals surface area contributed by atoms with E-state index in [1.165, 1.54) is 0 Å². The second-order valence-corrected chi connectivity index (χ2v) is 6.08. The molecule has 0 aliphatic rings.